The van der Waals surface area contributed by atoms with Crippen LogP contribution in [0.25, 0.3) is 0 Å². The number of piperazine rings is 1. The molecule has 0 radical (unpaired) electrons. The van der Waals surface area contributed by atoms with Crippen LogP contribution in [0.5, 0.6) is 0 Å². The molecule has 1 amide bonds. The standard InChI is InChI=1S/C16H31N3O/c1-12(2)11-18-6-8-19(9-7-18)16(20)15-5-4-14(17)10-13(15)3/h12-15H,4-11,17H2,1-3H3. The molecule has 2 N–H and O–H groups in total. The summed E-state index contributed by atoms with van der Waals surface area (Å²) in [4.78, 5) is 17.2. The van der Waals surface area contributed by atoms with Crippen LogP contribution in [0.2, 0.25) is 0 Å². The smallest absolute Gasteiger partial charge is 0.226 e. The minimum absolute atomic E-state index is 0.214. The maximum absolute atomic E-state index is 12.7. The fourth-order valence-electron chi connectivity index (χ4n) is 3.71. The Morgan fingerprint density at radius 2 is 1.85 bits per heavy atom. The number of amides is 1. The van der Waals surface area contributed by atoms with Crippen LogP contribution >= 0.6 is 0 Å². The summed E-state index contributed by atoms with van der Waals surface area (Å²) in [5.74, 6) is 1.75. The van der Waals surface area contributed by atoms with Gasteiger partial charge in [-0.1, -0.05) is 20.8 Å². The first-order valence-corrected chi connectivity index (χ1v) is 8.24. The van der Waals surface area contributed by atoms with E-state index in [1.807, 2.05) is 0 Å². The summed E-state index contributed by atoms with van der Waals surface area (Å²) in [7, 11) is 0. The third-order valence-corrected chi connectivity index (χ3v) is 4.83. The number of rotatable bonds is 3. The van der Waals surface area contributed by atoms with Crippen molar-refractivity contribution in [3.8, 4) is 0 Å². The maximum Gasteiger partial charge on any atom is 0.226 e. The highest BCUT2D eigenvalue weighted by Crippen LogP contribution is 2.30. The molecule has 2 rings (SSSR count). The summed E-state index contributed by atoms with van der Waals surface area (Å²) in [6.07, 6.45) is 2.99. The number of hydrogen-bond acceptors (Lipinski definition) is 3. The first-order valence-electron chi connectivity index (χ1n) is 8.24. The molecule has 0 bridgehead atoms. The quantitative estimate of drug-likeness (QED) is 0.854. The summed E-state index contributed by atoms with van der Waals surface area (Å²) in [6, 6.07) is 0.303. The van der Waals surface area contributed by atoms with Crippen LogP contribution in [0.3, 0.4) is 0 Å². The van der Waals surface area contributed by atoms with E-state index in [9.17, 15) is 4.79 Å². The fourth-order valence-corrected chi connectivity index (χ4v) is 3.71. The maximum atomic E-state index is 12.7. The van der Waals surface area contributed by atoms with Crippen molar-refractivity contribution in [3.63, 3.8) is 0 Å². The van der Waals surface area contributed by atoms with E-state index in [2.05, 4.69) is 30.6 Å². The molecule has 1 aliphatic carbocycles. The molecule has 0 aromatic heterocycles. The molecule has 0 spiro atoms. The lowest BCUT2D eigenvalue weighted by molar-refractivity contribution is -0.140. The lowest BCUT2D eigenvalue weighted by Crippen LogP contribution is -2.52. The normalized spacial score (nSPS) is 32.6. The average molecular weight is 281 g/mol. The Kier molecular flexibility index (Phi) is 5.44. The molecule has 1 aliphatic heterocycles. The van der Waals surface area contributed by atoms with Gasteiger partial charge in [0.1, 0.15) is 0 Å². The number of nitrogens with two attached hydrogens (primary N) is 1. The van der Waals surface area contributed by atoms with Crippen LogP contribution < -0.4 is 5.73 Å². The van der Waals surface area contributed by atoms with Crippen molar-refractivity contribution in [3.05, 3.63) is 0 Å². The summed E-state index contributed by atoms with van der Waals surface area (Å²) >= 11 is 0. The Morgan fingerprint density at radius 1 is 1.20 bits per heavy atom. The predicted molar refractivity (Wildman–Crippen MR) is 82.3 cm³/mol. The third kappa shape index (κ3) is 3.95. The van der Waals surface area contributed by atoms with Crippen molar-refractivity contribution in [2.45, 2.75) is 46.1 Å². The van der Waals surface area contributed by atoms with Gasteiger partial charge in [0, 0.05) is 44.7 Å². The van der Waals surface area contributed by atoms with Crippen LogP contribution in [0.15, 0.2) is 0 Å². The lowest BCUT2D eigenvalue weighted by Gasteiger charge is -2.39. The van der Waals surface area contributed by atoms with Gasteiger partial charge in [-0.2, -0.15) is 0 Å². The second kappa shape index (κ2) is 6.90. The van der Waals surface area contributed by atoms with Gasteiger partial charge in [0.25, 0.3) is 0 Å². The highest BCUT2D eigenvalue weighted by molar-refractivity contribution is 5.79. The summed E-state index contributed by atoms with van der Waals surface area (Å²) in [5, 5.41) is 0. The van der Waals surface area contributed by atoms with Crippen molar-refractivity contribution in [1.29, 1.82) is 0 Å². The number of nitrogens with zero attached hydrogens (tertiary/aromatic N) is 2. The Hall–Kier alpha value is -0.610. The number of hydrogen-bond donors (Lipinski definition) is 1. The van der Waals surface area contributed by atoms with Crippen molar-refractivity contribution in [2.24, 2.45) is 23.5 Å². The largest absolute Gasteiger partial charge is 0.340 e. The van der Waals surface area contributed by atoms with Crippen LogP contribution in [0.1, 0.15) is 40.0 Å². The van der Waals surface area contributed by atoms with Crippen molar-refractivity contribution in [1.82, 2.24) is 9.80 Å². The van der Waals surface area contributed by atoms with E-state index in [0.29, 0.717) is 23.8 Å². The van der Waals surface area contributed by atoms with E-state index < -0.39 is 0 Å². The van der Waals surface area contributed by atoms with Gasteiger partial charge >= 0.3 is 0 Å². The summed E-state index contributed by atoms with van der Waals surface area (Å²) in [6.45, 7) is 11.7. The SMILES string of the molecule is CC(C)CN1CCN(C(=O)C2CCC(N)CC2C)CC1. The van der Waals surface area contributed by atoms with Gasteiger partial charge in [-0.15, -0.1) is 0 Å². The monoisotopic (exact) mass is 281 g/mol. The van der Waals surface area contributed by atoms with Crippen LogP contribution in [-0.2, 0) is 4.79 Å². The predicted octanol–water partition coefficient (Wildman–Crippen LogP) is 1.55. The molecule has 1 saturated heterocycles. The van der Waals surface area contributed by atoms with Gasteiger partial charge in [-0.05, 0) is 31.1 Å². The fraction of sp³-hybridized carbons (Fsp3) is 0.938. The van der Waals surface area contributed by atoms with E-state index in [1.165, 1.54) is 0 Å². The topological polar surface area (TPSA) is 49.6 Å². The van der Waals surface area contributed by atoms with E-state index >= 15 is 0 Å². The van der Waals surface area contributed by atoms with Gasteiger partial charge in [-0.25, -0.2) is 0 Å². The first-order chi connectivity index (χ1) is 9.47. The Labute approximate surface area is 123 Å². The van der Waals surface area contributed by atoms with E-state index in [-0.39, 0.29) is 5.92 Å². The van der Waals surface area contributed by atoms with Crippen molar-refractivity contribution >= 4 is 5.91 Å². The molecule has 116 valence electrons. The number of carbonyl (C=O) groups excluding carboxylic acids is 1. The van der Waals surface area contributed by atoms with Gasteiger partial charge in [-0.3, -0.25) is 9.69 Å². The summed E-state index contributed by atoms with van der Waals surface area (Å²) in [5.41, 5.74) is 6.00. The molecule has 2 aliphatic rings. The van der Waals surface area contributed by atoms with Crippen molar-refractivity contribution < 1.29 is 4.79 Å². The van der Waals surface area contributed by atoms with Gasteiger partial charge in [0.15, 0.2) is 0 Å². The van der Waals surface area contributed by atoms with Gasteiger partial charge in [0.2, 0.25) is 5.91 Å². The van der Waals surface area contributed by atoms with Gasteiger partial charge in [0.05, 0.1) is 0 Å². The second-order valence-corrected chi connectivity index (χ2v) is 7.18. The molecule has 1 saturated carbocycles. The van der Waals surface area contributed by atoms with E-state index in [0.717, 1.165) is 52.0 Å². The van der Waals surface area contributed by atoms with Gasteiger partial charge < -0.3 is 10.6 Å². The molecule has 2 fully saturated rings. The third-order valence-electron chi connectivity index (χ3n) is 4.83. The Morgan fingerprint density at radius 3 is 2.40 bits per heavy atom. The molecule has 0 aromatic rings. The molecule has 4 nitrogen and oxygen atoms in total. The lowest BCUT2D eigenvalue weighted by atomic mass is 9.77. The minimum Gasteiger partial charge on any atom is -0.340 e. The van der Waals surface area contributed by atoms with Crippen molar-refractivity contribution in [2.75, 3.05) is 32.7 Å². The molecule has 3 unspecified atom stereocenters. The molecule has 3 atom stereocenters. The molecule has 0 aromatic carbocycles. The minimum atomic E-state index is 0.214. The van der Waals surface area contributed by atoms with Crippen LogP contribution in [0, 0.1) is 17.8 Å². The number of carbonyl (C=O) groups is 1. The van der Waals surface area contributed by atoms with E-state index in [1.54, 1.807) is 0 Å². The second-order valence-electron chi connectivity index (χ2n) is 7.18. The molecule has 20 heavy (non-hydrogen) atoms. The molecular formula is C16H31N3O. The van der Waals surface area contributed by atoms with E-state index in [4.69, 9.17) is 5.73 Å². The molecular weight excluding hydrogens is 250 g/mol. The highest BCUT2D eigenvalue weighted by Gasteiger charge is 2.34. The zero-order valence-corrected chi connectivity index (χ0v) is 13.3. The average Bonchev–Trinajstić information content (AvgIpc) is 2.38. The molecule has 4 heteroatoms. The Bertz CT molecular complexity index is 324. The van der Waals surface area contributed by atoms with Crippen LogP contribution in [0.4, 0.5) is 0 Å². The molecule has 1 heterocycles. The first kappa shape index (κ1) is 15.8. The highest BCUT2D eigenvalue weighted by atomic mass is 16.2. The zero-order chi connectivity index (χ0) is 14.7. The Balaban J connectivity index is 1.82. The summed E-state index contributed by atoms with van der Waals surface area (Å²) < 4.78 is 0. The zero-order valence-electron chi connectivity index (χ0n) is 13.3. The van der Waals surface area contributed by atoms with Crippen LogP contribution in [-0.4, -0.2) is 54.5 Å².